The Morgan fingerprint density at radius 2 is 1.90 bits per heavy atom. The van der Waals surface area contributed by atoms with Gasteiger partial charge in [0.25, 0.3) is 0 Å². The molecular weight excluding hydrogens is 280 g/mol. The Morgan fingerprint density at radius 3 is 2.62 bits per heavy atom. The van der Waals surface area contributed by atoms with Gasteiger partial charge in [-0.05, 0) is 35.6 Å². The van der Waals surface area contributed by atoms with Crippen LogP contribution in [0.3, 0.4) is 0 Å². The summed E-state index contributed by atoms with van der Waals surface area (Å²) in [5, 5.41) is 11.9. The molecule has 1 N–H and O–H groups in total. The number of nitrogens with zero attached hydrogens (tertiary/aromatic N) is 1. The Bertz CT molecular complexity index is 605. The van der Waals surface area contributed by atoms with E-state index in [1.54, 1.807) is 0 Å². The van der Waals surface area contributed by atoms with Crippen LogP contribution in [-0.2, 0) is 6.54 Å². The zero-order chi connectivity index (χ0) is 14.9. The van der Waals surface area contributed by atoms with Gasteiger partial charge in [-0.15, -0.1) is 11.8 Å². The smallest absolute Gasteiger partial charge is 0.174 e. The lowest BCUT2D eigenvalue weighted by Crippen LogP contribution is -2.01. The van der Waals surface area contributed by atoms with E-state index < -0.39 is 0 Å². The lowest BCUT2D eigenvalue weighted by atomic mass is 10.2. The molecule has 4 heteroatoms. The molecule has 0 fully saturated rings. The Kier molecular flexibility index (Phi) is 5.99. The normalized spacial score (nSPS) is 9.90. The van der Waals surface area contributed by atoms with Crippen LogP contribution < -0.4 is 10.1 Å². The number of para-hydroxylation sites is 1. The Labute approximate surface area is 129 Å². The van der Waals surface area contributed by atoms with Gasteiger partial charge in [0.1, 0.15) is 11.8 Å². The molecule has 0 atom stereocenters. The second-order valence-electron chi connectivity index (χ2n) is 4.37. The van der Waals surface area contributed by atoms with E-state index in [0.29, 0.717) is 0 Å². The van der Waals surface area contributed by atoms with Gasteiger partial charge in [0, 0.05) is 17.1 Å². The summed E-state index contributed by atoms with van der Waals surface area (Å²) in [6.07, 6.45) is 0. The molecule has 2 aromatic carbocycles. The summed E-state index contributed by atoms with van der Waals surface area (Å²) in [5.41, 5.74) is 2.34. The van der Waals surface area contributed by atoms with Crippen molar-refractivity contribution in [2.24, 2.45) is 0 Å². The van der Waals surface area contributed by atoms with Gasteiger partial charge in [0.05, 0.1) is 0 Å². The van der Waals surface area contributed by atoms with Crippen LogP contribution in [-0.4, -0.2) is 12.4 Å². The number of hydrogen-bond acceptors (Lipinski definition) is 4. The SMILES string of the molecule is CCSc1ccccc1NCc1ccc(OCC#N)cc1. The minimum Gasteiger partial charge on any atom is -0.479 e. The fourth-order valence-electron chi connectivity index (χ4n) is 1.91. The Balaban J connectivity index is 1.95. The van der Waals surface area contributed by atoms with Gasteiger partial charge in [-0.25, -0.2) is 0 Å². The van der Waals surface area contributed by atoms with Crippen molar-refractivity contribution in [1.82, 2.24) is 0 Å². The third-order valence-corrected chi connectivity index (χ3v) is 3.85. The number of nitriles is 1. The zero-order valence-electron chi connectivity index (χ0n) is 12.0. The molecule has 0 unspecified atom stereocenters. The number of anilines is 1. The Morgan fingerprint density at radius 1 is 1.14 bits per heavy atom. The van der Waals surface area contributed by atoms with E-state index in [1.807, 2.05) is 48.2 Å². The number of hydrogen-bond donors (Lipinski definition) is 1. The van der Waals surface area contributed by atoms with Crippen molar-refractivity contribution in [1.29, 1.82) is 5.26 Å². The van der Waals surface area contributed by atoms with E-state index in [4.69, 9.17) is 10.00 Å². The molecule has 0 saturated carbocycles. The second kappa shape index (κ2) is 8.23. The largest absolute Gasteiger partial charge is 0.479 e. The predicted octanol–water partition coefficient (Wildman–Crippen LogP) is 4.31. The van der Waals surface area contributed by atoms with Gasteiger partial charge in [0.2, 0.25) is 0 Å². The van der Waals surface area contributed by atoms with Crippen LogP contribution in [0.1, 0.15) is 12.5 Å². The van der Waals surface area contributed by atoms with Crippen molar-refractivity contribution in [3.8, 4) is 11.8 Å². The summed E-state index contributed by atoms with van der Waals surface area (Å²) in [4.78, 5) is 1.27. The first-order valence-corrected chi connectivity index (χ1v) is 7.86. The molecule has 0 saturated heterocycles. The maximum absolute atomic E-state index is 8.48. The van der Waals surface area contributed by atoms with E-state index in [1.165, 1.54) is 10.5 Å². The average molecular weight is 298 g/mol. The van der Waals surface area contributed by atoms with Crippen molar-refractivity contribution in [2.75, 3.05) is 17.7 Å². The highest BCUT2D eigenvalue weighted by atomic mass is 32.2. The third-order valence-electron chi connectivity index (χ3n) is 2.90. The van der Waals surface area contributed by atoms with Gasteiger partial charge < -0.3 is 10.1 Å². The summed E-state index contributed by atoms with van der Waals surface area (Å²) in [7, 11) is 0. The van der Waals surface area contributed by atoms with Crippen molar-refractivity contribution in [3.63, 3.8) is 0 Å². The molecule has 0 aromatic heterocycles. The summed E-state index contributed by atoms with van der Waals surface area (Å²) in [5.74, 6) is 1.78. The van der Waals surface area contributed by atoms with Crippen molar-refractivity contribution in [3.05, 3.63) is 54.1 Å². The molecule has 3 nitrogen and oxygen atoms in total. The highest BCUT2D eigenvalue weighted by molar-refractivity contribution is 7.99. The summed E-state index contributed by atoms with van der Waals surface area (Å²) in [6.45, 7) is 3.00. The molecule has 0 heterocycles. The molecule has 0 amide bonds. The lowest BCUT2D eigenvalue weighted by molar-refractivity contribution is 0.368. The number of rotatable bonds is 7. The molecule has 0 aliphatic carbocycles. The fourth-order valence-corrected chi connectivity index (χ4v) is 2.69. The van der Waals surface area contributed by atoms with Crippen LogP contribution >= 0.6 is 11.8 Å². The fraction of sp³-hybridized carbons (Fsp3) is 0.235. The van der Waals surface area contributed by atoms with Crippen molar-refractivity contribution >= 4 is 17.4 Å². The number of thioether (sulfide) groups is 1. The maximum atomic E-state index is 8.48. The van der Waals surface area contributed by atoms with Crippen molar-refractivity contribution in [2.45, 2.75) is 18.4 Å². The minimum atomic E-state index is 0.0826. The second-order valence-corrected chi connectivity index (χ2v) is 5.68. The summed E-state index contributed by atoms with van der Waals surface area (Å²) < 4.78 is 5.24. The van der Waals surface area contributed by atoms with Crippen LogP contribution in [0.15, 0.2) is 53.4 Å². The number of ether oxygens (including phenoxy) is 1. The van der Waals surface area contributed by atoms with Gasteiger partial charge in [-0.1, -0.05) is 31.2 Å². The minimum absolute atomic E-state index is 0.0826. The van der Waals surface area contributed by atoms with Gasteiger partial charge in [-0.2, -0.15) is 5.26 Å². The first kappa shape index (κ1) is 15.3. The van der Waals surface area contributed by atoms with Crippen LogP contribution in [0, 0.1) is 11.3 Å². The molecule has 0 aliphatic heterocycles. The molecule has 0 radical (unpaired) electrons. The molecule has 2 rings (SSSR count). The number of nitrogens with one attached hydrogen (secondary N) is 1. The van der Waals surface area contributed by atoms with E-state index >= 15 is 0 Å². The summed E-state index contributed by atoms with van der Waals surface area (Å²) >= 11 is 1.84. The van der Waals surface area contributed by atoms with Gasteiger partial charge >= 0.3 is 0 Å². The Hall–Kier alpha value is -2.12. The maximum Gasteiger partial charge on any atom is 0.174 e. The van der Waals surface area contributed by atoms with Crippen LogP contribution in [0.5, 0.6) is 5.75 Å². The molecular formula is C17H18N2OS. The molecule has 0 aliphatic rings. The highest BCUT2D eigenvalue weighted by Crippen LogP contribution is 2.27. The lowest BCUT2D eigenvalue weighted by Gasteiger charge is -2.11. The van der Waals surface area contributed by atoms with Gasteiger partial charge in [0.15, 0.2) is 6.61 Å². The van der Waals surface area contributed by atoms with Crippen LogP contribution in [0.2, 0.25) is 0 Å². The molecule has 21 heavy (non-hydrogen) atoms. The standard InChI is InChI=1S/C17H18N2OS/c1-2-21-17-6-4-3-5-16(17)19-13-14-7-9-15(10-8-14)20-12-11-18/h3-10,19H,2,12-13H2,1H3. The van der Waals surface area contributed by atoms with Crippen LogP contribution in [0.4, 0.5) is 5.69 Å². The zero-order valence-corrected chi connectivity index (χ0v) is 12.8. The molecule has 108 valence electrons. The third kappa shape index (κ3) is 4.73. The predicted molar refractivity (Wildman–Crippen MR) is 87.7 cm³/mol. The van der Waals surface area contributed by atoms with E-state index in [-0.39, 0.29) is 6.61 Å². The number of benzene rings is 2. The van der Waals surface area contributed by atoms with Crippen LogP contribution in [0.25, 0.3) is 0 Å². The monoisotopic (exact) mass is 298 g/mol. The molecule has 0 spiro atoms. The first-order chi connectivity index (χ1) is 10.3. The average Bonchev–Trinajstić information content (AvgIpc) is 2.53. The van der Waals surface area contributed by atoms with Gasteiger partial charge in [-0.3, -0.25) is 0 Å². The summed E-state index contributed by atoms with van der Waals surface area (Å²) in [6, 6.07) is 18.1. The molecule has 0 bridgehead atoms. The van der Waals surface area contributed by atoms with E-state index in [9.17, 15) is 0 Å². The first-order valence-electron chi connectivity index (χ1n) is 6.88. The van der Waals surface area contributed by atoms with Crippen molar-refractivity contribution < 1.29 is 4.74 Å². The van der Waals surface area contributed by atoms with E-state index in [2.05, 4.69) is 30.4 Å². The topological polar surface area (TPSA) is 45.0 Å². The highest BCUT2D eigenvalue weighted by Gasteiger charge is 2.01. The molecule has 2 aromatic rings. The quantitative estimate of drug-likeness (QED) is 0.773. The van der Waals surface area contributed by atoms with E-state index in [0.717, 1.165) is 23.7 Å².